The third kappa shape index (κ3) is 3.58. The summed E-state index contributed by atoms with van der Waals surface area (Å²) in [6.07, 6.45) is 1.88. The summed E-state index contributed by atoms with van der Waals surface area (Å²) in [6.45, 7) is 0.183. The topological polar surface area (TPSA) is 52.3 Å². The smallest absolute Gasteiger partial charge is 0.310 e. The highest BCUT2D eigenvalue weighted by atomic mass is 32.1. The molecule has 0 radical (unpaired) electrons. The van der Waals surface area contributed by atoms with Gasteiger partial charge in [-0.05, 0) is 17.7 Å². The molecule has 106 valence electrons. The molecule has 5 heteroatoms. The molecule has 0 amide bonds. The lowest BCUT2D eigenvalue weighted by atomic mass is 10.2. The van der Waals surface area contributed by atoms with Crippen LogP contribution in [0.2, 0.25) is 0 Å². The van der Waals surface area contributed by atoms with Crippen molar-refractivity contribution in [3.8, 4) is 10.8 Å². The van der Waals surface area contributed by atoms with Gasteiger partial charge in [-0.3, -0.25) is 4.79 Å². The SMILES string of the molecule is O=C(Cc1ccccc1)OCc1csc(-c2ccco2)n1. The lowest BCUT2D eigenvalue weighted by Crippen LogP contribution is -2.08. The van der Waals surface area contributed by atoms with Crippen molar-refractivity contribution in [1.82, 2.24) is 4.98 Å². The number of hydrogen-bond donors (Lipinski definition) is 0. The maximum Gasteiger partial charge on any atom is 0.310 e. The Bertz CT molecular complexity index is 704. The standard InChI is InChI=1S/C16H13NO3S/c18-15(9-12-5-2-1-3-6-12)20-10-13-11-21-16(17-13)14-7-4-8-19-14/h1-8,11H,9-10H2. The van der Waals surface area contributed by atoms with E-state index >= 15 is 0 Å². The van der Waals surface area contributed by atoms with E-state index in [4.69, 9.17) is 9.15 Å². The minimum absolute atomic E-state index is 0.183. The van der Waals surface area contributed by atoms with E-state index < -0.39 is 0 Å². The van der Waals surface area contributed by atoms with Crippen LogP contribution >= 0.6 is 11.3 Å². The molecular weight excluding hydrogens is 286 g/mol. The van der Waals surface area contributed by atoms with Crippen LogP contribution in [0.3, 0.4) is 0 Å². The Morgan fingerprint density at radius 1 is 1.19 bits per heavy atom. The zero-order chi connectivity index (χ0) is 14.5. The lowest BCUT2D eigenvalue weighted by molar-refractivity contribution is -0.144. The number of esters is 1. The van der Waals surface area contributed by atoms with Gasteiger partial charge in [0, 0.05) is 5.38 Å². The highest BCUT2D eigenvalue weighted by Gasteiger charge is 2.09. The fourth-order valence-electron chi connectivity index (χ4n) is 1.85. The summed E-state index contributed by atoms with van der Waals surface area (Å²) in [6, 6.07) is 13.2. The summed E-state index contributed by atoms with van der Waals surface area (Å²) in [5.74, 6) is 0.468. The molecule has 0 atom stereocenters. The van der Waals surface area contributed by atoms with Crippen molar-refractivity contribution in [2.75, 3.05) is 0 Å². The largest absolute Gasteiger partial charge is 0.462 e. The van der Waals surface area contributed by atoms with E-state index in [0.29, 0.717) is 0 Å². The predicted octanol–water partition coefficient (Wildman–Crippen LogP) is 3.69. The summed E-state index contributed by atoms with van der Waals surface area (Å²) in [4.78, 5) is 16.1. The van der Waals surface area contributed by atoms with Gasteiger partial charge in [0.1, 0.15) is 6.61 Å². The van der Waals surface area contributed by atoms with Crippen LogP contribution < -0.4 is 0 Å². The molecule has 0 N–H and O–H groups in total. The van der Waals surface area contributed by atoms with E-state index in [2.05, 4.69) is 4.98 Å². The second-order valence-electron chi connectivity index (χ2n) is 4.44. The molecule has 0 bridgehead atoms. The molecule has 2 aromatic heterocycles. The number of carbonyl (C=O) groups excluding carboxylic acids is 1. The van der Waals surface area contributed by atoms with Crippen LogP contribution in [-0.2, 0) is 22.6 Å². The molecule has 0 unspecified atom stereocenters. The van der Waals surface area contributed by atoms with Crippen LogP contribution in [-0.4, -0.2) is 11.0 Å². The van der Waals surface area contributed by atoms with Gasteiger partial charge < -0.3 is 9.15 Å². The van der Waals surface area contributed by atoms with Crippen LogP contribution in [0.25, 0.3) is 10.8 Å². The van der Waals surface area contributed by atoms with Crippen molar-refractivity contribution in [3.05, 3.63) is 65.4 Å². The zero-order valence-corrected chi connectivity index (χ0v) is 12.0. The molecule has 3 aromatic rings. The molecule has 21 heavy (non-hydrogen) atoms. The van der Waals surface area contributed by atoms with Gasteiger partial charge in [-0.15, -0.1) is 11.3 Å². The van der Waals surface area contributed by atoms with Crippen LogP contribution in [0.5, 0.6) is 0 Å². The lowest BCUT2D eigenvalue weighted by Gasteiger charge is -2.02. The summed E-state index contributed by atoms with van der Waals surface area (Å²) >= 11 is 1.47. The number of rotatable bonds is 5. The van der Waals surface area contributed by atoms with E-state index in [9.17, 15) is 4.79 Å². The van der Waals surface area contributed by atoms with Crippen molar-refractivity contribution >= 4 is 17.3 Å². The Morgan fingerprint density at radius 2 is 2.05 bits per heavy atom. The van der Waals surface area contributed by atoms with Gasteiger partial charge in [0.15, 0.2) is 10.8 Å². The fourth-order valence-corrected chi connectivity index (χ4v) is 2.63. The average Bonchev–Trinajstić information content (AvgIpc) is 3.17. The number of aromatic nitrogens is 1. The first kappa shape index (κ1) is 13.6. The Morgan fingerprint density at radius 3 is 2.81 bits per heavy atom. The third-order valence-corrected chi connectivity index (χ3v) is 3.76. The number of furan rings is 1. The summed E-state index contributed by atoms with van der Waals surface area (Å²) < 4.78 is 10.5. The molecule has 0 aliphatic heterocycles. The fraction of sp³-hybridized carbons (Fsp3) is 0.125. The summed E-state index contributed by atoms with van der Waals surface area (Å²) in [5.41, 5.74) is 1.67. The Balaban J connectivity index is 1.54. The van der Waals surface area contributed by atoms with Crippen molar-refractivity contribution in [2.24, 2.45) is 0 Å². The molecule has 1 aromatic carbocycles. The van der Waals surface area contributed by atoms with Crippen molar-refractivity contribution in [1.29, 1.82) is 0 Å². The normalized spacial score (nSPS) is 10.5. The van der Waals surface area contributed by atoms with Crippen LogP contribution in [0.1, 0.15) is 11.3 Å². The maximum atomic E-state index is 11.8. The first-order valence-electron chi connectivity index (χ1n) is 6.49. The minimum atomic E-state index is -0.256. The number of hydrogen-bond acceptors (Lipinski definition) is 5. The van der Waals surface area contributed by atoms with Gasteiger partial charge in [-0.1, -0.05) is 30.3 Å². The highest BCUT2D eigenvalue weighted by molar-refractivity contribution is 7.13. The molecule has 2 heterocycles. The first-order valence-corrected chi connectivity index (χ1v) is 7.37. The van der Waals surface area contributed by atoms with Gasteiger partial charge in [-0.2, -0.15) is 0 Å². The summed E-state index contributed by atoms with van der Waals surface area (Å²) in [7, 11) is 0. The van der Waals surface area contributed by atoms with E-state index in [-0.39, 0.29) is 19.0 Å². The maximum absolute atomic E-state index is 11.8. The van der Waals surface area contributed by atoms with E-state index in [1.54, 1.807) is 6.26 Å². The molecule has 0 spiro atoms. The third-order valence-electron chi connectivity index (χ3n) is 2.86. The van der Waals surface area contributed by atoms with E-state index in [1.807, 2.05) is 47.8 Å². The number of nitrogens with zero attached hydrogens (tertiary/aromatic N) is 1. The van der Waals surface area contributed by atoms with E-state index in [0.717, 1.165) is 22.0 Å². The van der Waals surface area contributed by atoms with Crippen LogP contribution in [0.4, 0.5) is 0 Å². The summed E-state index contributed by atoms with van der Waals surface area (Å²) in [5, 5.41) is 2.65. The highest BCUT2D eigenvalue weighted by Crippen LogP contribution is 2.24. The van der Waals surface area contributed by atoms with Gasteiger partial charge >= 0.3 is 5.97 Å². The Hall–Kier alpha value is -2.40. The second-order valence-corrected chi connectivity index (χ2v) is 5.30. The molecule has 0 aliphatic carbocycles. The number of thiazole rings is 1. The number of benzene rings is 1. The monoisotopic (exact) mass is 299 g/mol. The van der Waals surface area contributed by atoms with Crippen molar-refractivity contribution in [2.45, 2.75) is 13.0 Å². The second kappa shape index (κ2) is 6.37. The Labute approximate surface area is 126 Å². The molecule has 0 saturated heterocycles. The predicted molar refractivity (Wildman–Crippen MR) is 79.8 cm³/mol. The van der Waals surface area contributed by atoms with Gasteiger partial charge in [0.2, 0.25) is 0 Å². The van der Waals surface area contributed by atoms with Gasteiger partial charge in [0.25, 0.3) is 0 Å². The zero-order valence-electron chi connectivity index (χ0n) is 11.2. The molecular formula is C16H13NO3S. The molecule has 0 fully saturated rings. The average molecular weight is 299 g/mol. The van der Waals surface area contributed by atoms with Crippen LogP contribution in [0, 0.1) is 0 Å². The van der Waals surface area contributed by atoms with Crippen molar-refractivity contribution in [3.63, 3.8) is 0 Å². The minimum Gasteiger partial charge on any atom is -0.462 e. The molecule has 0 saturated carbocycles. The molecule has 3 rings (SSSR count). The van der Waals surface area contributed by atoms with E-state index in [1.165, 1.54) is 11.3 Å². The van der Waals surface area contributed by atoms with Crippen molar-refractivity contribution < 1.29 is 13.9 Å². The number of ether oxygens (including phenoxy) is 1. The van der Waals surface area contributed by atoms with Crippen LogP contribution in [0.15, 0.2) is 58.5 Å². The first-order chi connectivity index (χ1) is 10.3. The van der Waals surface area contributed by atoms with Gasteiger partial charge in [0.05, 0.1) is 18.4 Å². The quantitative estimate of drug-likeness (QED) is 0.674. The molecule has 0 aliphatic rings. The Kier molecular flexibility index (Phi) is 4.12. The molecule has 4 nitrogen and oxygen atoms in total. The van der Waals surface area contributed by atoms with Gasteiger partial charge in [-0.25, -0.2) is 4.98 Å². The number of carbonyl (C=O) groups is 1.